The summed E-state index contributed by atoms with van der Waals surface area (Å²) in [5.74, 6) is 0.249. The van der Waals surface area contributed by atoms with Gasteiger partial charge in [-0.25, -0.2) is 4.79 Å². The molecule has 1 fully saturated rings. The van der Waals surface area contributed by atoms with Crippen LogP contribution in [0.25, 0.3) is 0 Å². The molecule has 1 heterocycles. The van der Waals surface area contributed by atoms with E-state index >= 15 is 0 Å². The van der Waals surface area contributed by atoms with Gasteiger partial charge in [0, 0.05) is 0 Å². The third kappa shape index (κ3) is 4.63. The maximum absolute atomic E-state index is 11.3. The van der Waals surface area contributed by atoms with Gasteiger partial charge in [-0.2, -0.15) is 0 Å². The Labute approximate surface area is 102 Å². The number of rotatable bonds is 6. The molecule has 1 N–H and O–H groups in total. The van der Waals surface area contributed by atoms with E-state index in [2.05, 4.69) is 19.2 Å². The second kappa shape index (κ2) is 6.47. The number of esters is 1. The van der Waals surface area contributed by atoms with Crippen molar-refractivity contribution in [3.05, 3.63) is 0 Å². The van der Waals surface area contributed by atoms with Gasteiger partial charge in [-0.15, -0.1) is 0 Å². The molecule has 5 heteroatoms. The van der Waals surface area contributed by atoms with E-state index in [0.29, 0.717) is 12.5 Å². The van der Waals surface area contributed by atoms with E-state index < -0.39 is 6.09 Å². The molecule has 0 aromatic rings. The van der Waals surface area contributed by atoms with E-state index in [1.54, 1.807) is 6.92 Å². The molecule has 0 aromatic heterocycles. The average molecular weight is 243 g/mol. The van der Waals surface area contributed by atoms with E-state index in [1.165, 1.54) is 0 Å². The number of alkyl carbamates (subject to hydrolysis) is 1. The highest BCUT2D eigenvalue weighted by Gasteiger charge is 2.35. The largest absolute Gasteiger partial charge is 0.466 e. The molecule has 0 saturated carbocycles. The van der Waals surface area contributed by atoms with E-state index in [0.717, 1.165) is 12.8 Å². The van der Waals surface area contributed by atoms with Crippen molar-refractivity contribution >= 4 is 12.1 Å². The molecule has 1 amide bonds. The number of hydrogen-bond donors (Lipinski definition) is 1. The highest BCUT2D eigenvalue weighted by Crippen LogP contribution is 2.19. The van der Waals surface area contributed by atoms with Crippen LogP contribution < -0.4 is 5.32 Å². The summed E-state index contributed by atoms with van der Waals surface area (Å²) in [5.41, 5.74) is 0. The lowest BCUT2D eigenvalue weighted by Crippen LogP contribution is -2.33. The molecule has 0 bridgehead atoms. The summed E-state index contributed by atoms with van der Waals surface area (Å²) in [4.78, 5) is 22.5. The lowest BCUT2D eigenvalue weighted by atomic mass is 9.99. The molecule has 5 nitrogen and oxygen atoms in total. The first-order chi connectivity index (χ1) is 8.02. The maximum atomic E-state index is 11.3. The number of amides is 1. The Balaban J connectivity index is 2.44. The molecule has 2 atom stereocenters. The summed E-state index contributed by atoms with van der Waals surface area (Å²) < 4.78 is 9.93. The quantitative estimate of drug-likeness (QED) is 0.723. The molecule has 0 spiro atoms. The molecular formula is C12H21NO4. The molecule has 17 heavy (non-hydrogen) atoms. The third-order valence-electron chi connectivity index (χ3n) is 2.74. The van der Waals surface area contributed by atoms with Gasteiger partial charge in [-0.1, -0.05) is 13.8 Å². The van der Waals surface area contributed by atoms with Gasteiger partial charge in [0.1, 0.15) is 6.10 Å². The first kappa shape index (κ1) is 13.8. The first-order valence-electron chi connectivity index (χ1n) is 6.15. The number of nitrogens with one attached hydrogen (secondary N) is 1. The zero-order valence-electron chi connectivity index (χ0n) is 10.7. The number of cyclic esters (lactones) is 1. The number of hydrogen-bond acceptors (Lipinski definition) is 4. The Bertz CT molecular complexity index is 278. The van der Waals surface area contributed by atoms with Crippen LogP contribution in [0.3, 0.4) is 0 Å². The van der Waals surface area contributed by atoms with Crippen molar-refractivity contribution in [1.29, 1.82) is 0 Å². The van der Waals surface area contributed by atoms with Gasteiger partial charge in [-0.05, 0) is 25.7 Å². The molecular weight excluding hydrogens is 222 g/mol. The Morgan fingerprint density at radius 3 is 2.82 bits per heavy atom. The molecule has 0 aliphatic carbocycles. The number of carbonyl (C=O) groups excluding carboxylic acids is 2. The molecule has 0 radical (unpaired) electrons. The molecule has 1 rings (SSSR count). The molecule has 0 unspecified atom stereocenters. The second-order valence-corrected chi connectivity index (χ2v) is 4.67. The monoisotopic (exact) mass is 243 g/mol. The summed E-state index contributed by atoms with van der Waals surface area (Å²) in [6.45, 7) is 6.35. The van der Waals surface area contributed by atoms with E-state index in [4.69, 9.17) is 9.47 Å². The topological polar surface area (TPSA) is 64.6 Å². The first-order valence-corrected chi connectivity index (χ1v) is 6.15. The van der Waals surface area contributed by atoms with Gasteiger partial charge in [0.05, 0.1) is 19.1 Å². The zero-order chi connectivity index (χ0) is 12.8. The molecule has 98 valence electrons. The minimum Gasteiger partial charge on any atom is -0.466 e. The predicted molar refractivity (Wildman–Crippen MR) is 62.5 cm³/mol. The lowest BCUT2D eigenvalue weighted by Gasteiger charge is -2.16. The maximum Gasteiger partial charge on any atom is 0.407 e. The standard InChI is InChI=1S/C12H21NO4/c1-4-16-11(14)7-10-9(6-5-8(2)3)13-12(15)17-10/h8-10H,4-7H2,1-3H3,(H,13,15)/t9-,10+/m1/s1. The minimum absolute atomic E-state index is 0.0747. The fraction of sp³-hybridized carbons (Fsp3) is 0.833. The van der Waals surface area contributed by atoms with Crippen LogP contribution in [0.5, 0.6) is 0 Å². The van der Waals surface area contributed by atoms with Crippen molar-refractivity contribution in [2.45, 2.75) is 52.2 Å². The SMILES string of the molecule is CCOC(=O)C[C@@H]1OC(=O)N[C@@H]1CCC(C)C. The Kier molecular flexibility index (Phi) is 5.25. The zero-order valence-corrected chi connectivity index (χ0v) is 10.7. The van der Waals surface area contributed by atoms with Crippen molar-refractivity contribution in [3.63, 3.8) is 0 Å². The van der Waals surface area contributed by atoms with Crippen LogP contribution in [0.15, 0.2) is 0 Å². The van der Waals surface area contributed by atoms with Crippen molar-refractivity contribution < 1.29 is 19.1 Å². The predicted octanol–water partition coefficient (Wildman–Crippen LogP) is 1.85. The van der Waals surface area contributed by atoms with Crippen molar-refractivity contribution in [3.8, 4) is 0 Å². The number of ether oxygens (including phenoxy) is 2. The average Bonchev–Trinajstić information content (AvgIpc) is 2.56. The van der Waals surface area contributed by atoms with Crippen LogP contribution in [0.4, 0.5) is 4.79 Å². The summed E-state index contributed by atoms with van der Waals surface area (Å²) in [7, 11) is 0. The van der Waals surface area contributed by atoms with Crippen LogP contribution in [0, 0.1) is 5.92 Å². The lowest BCUT2D eigenvalue weighted by molar-refractivity contribution is -0.145. The van der Waals surface area contributed by atoms with Gasteiger partial charge in [0.15, 0.2) is 0 Å². The van der Waals surface area contributed by atoms with Crippen molar-refractivity contribution in [1.82, 2.24) is 5.32 Å². The van der Waals surface area contributed by atoms with Crippen molar-refractivity contribution in [2.24, 2.45) is 5.92 Å². The fourth-order valence-electron chi connectivity index (χ4n) is 1.84. The van der Waals surface area contributed by atoms with Gasteiger partial charge in [0.2, 0.25) is 0 Å². The van der Waals surface area contributed by atoms with Crippen LogP contribution in [-0.2, 0) is 14.3 Å². The van der Waals surface area contributed by atoms with E-state index in [9.17, 15) is 9.59 Å². The molecule has 1 aliphatic heterocycles. The van der Waals surface area contributed by atoms with Gasteiger partial charge < -0.3 is 14.8 Å². The van der Waals surface area contributed by atoms with Gasteiger partial charge in [0.25, 0.3) is 0 Å². The normalized spacial score (nSPS) is 23.4. The van der Waals surface area contributed by atoms with Crippen LogP contribution >= 0.6 is 0 Å². The summed E-state index contributed by atoms with van der Waals surface area (Å²) >= 11 is 0. The van der Waals surface area contributed by atoms with Gasteiger partial charge in [-0.3, -0.25) is 4.79 Å². The summed E-state index contributed by atoms with van der Waals surface area (Å²) in [6.07, 6.45) is 1.13. The Hall–Kier alpha value is -1.26. The minimum atomic E-state index is -0.437. The van der Waals surface area contributed by atoms with Crippen molar-refractivity contribution in [2.75, 3.05) is 6.61 Å². The molecule has 0 aromatic carbocycles. The highest BCUT2D eigenvalue weighted by atomic mass is 16.6. The van der Waals surface area contributed by atoms with E-state index in [1.807, 2.05) is 0 Å². The molecule has 1 saturated heterocycles. The number of carbonyl (C=O) groups is 2. The third-order valence-corrected chi connectivity index (χ3v) is 2.74. The molecule has 1 aliphatic rings. The van der Waals surface area contributed by atoms with Crippen LogP contribution in [-0.4, -0.2) is 30.8 Å². The summed E-state index contributed by atoms with van der Waals surface area (Å²) in [5, 5.41) is 2.74. The van der Waals surface area contributed by atoms with Gasteiger partial charge >= 0.3 is 12.1 Å². The Morgan fingerprint density at radius 1 is 1.53 bits per heavy atom. The smallest absolute Gasteiger partial charge is 0.407 e. The highest BCUT2D eigenvalue weighted by molar-refractivity contribution is 5.74. The fourth-order valence-corrected chi connectivity index (χ4v) is 1.84. The van der Waals surface area contributed by atoms with Crippen LogP contribution in [0.2, 0.25) is 0 Å². The second-order valence-electron chi connectivity index (χ2n) is 4.67. The van der Waals surface area contributed by atoms with E-state index in [-0.39, 0.29) is 24.5 Å². The summed E-state index contributed by atoms with van der Waals surface area (Å²) in [6, 6.07) is -0.0747. The van der Waals surface area contributed by atoms with Crippen LogP contribution in [0.1, 0.15) is 40.0 Å². The Morgan fingerprint density at radius 2 is 2.24 bits per heavy atom.